The second kappa shape index (κ2) is 5.81. The number of carbonyl (C=O) groups excluding carboxylic acids is 1. The minimum Gasteiger partial charge on any atom is -0.343 e. The van der Waals surface area contributed by atoms with Crippen molar-refractivity contribution in [2.45, 2.75) is 33.0 Å². The lowest BCUT2D eigenvalue weighted by molar-refractivity contribution is 0.0822. The van der Waals surface area contributed by atoms with Crippen molar-refractivity contribution in [1.29, 1.82) is 0 Å². The molecule has 7 nitrogen and oxygen atoms in total. The number of aryl methyl sites for hydroxylation is 2. The summed E-state index contributed by atoms with van der Waals surface area (Å²) in [6, 6.07) is 2.29. The van der Waals surface area contributed by atoms with E-state index in [-0.39, 0.29) is 11.9 Å². The Morgan fingerprint density at radius 2 is 2.13 bits per heavy atom. The van der Waals surface area contributed by atoms with Crippen molar-refractivity contribution in [3.8, 4) is 0 Å². The van der Waals surface area contributed by atoms with Gasteiger partial charge in [0.15, 0.2) is 0 Å². The smallest absolute Gasteiger partial charge is 0.273 e. The van der Waals surface area contributed by atoms with E-state index >= 15 is 0 Å². The van der Waals surface area contributed by atoms with E-state index in [1.807, 2.05) is 24.9 Å². The van der Waals surface area contributed by atoms with E-state index in [9.17, 15) is 4.79 Å². The van der Waals surface area contributed by atoms with Crippen LogP contribution in [0.2, 0.25) is 0 Å². The van der Waals surface area contributed by atoms with E-state index in [1.54, 1.807) is 19.0 Å². The first-order valence-electron chi connectivity index (χ1n) is 7.89. The summed E-state index contributed by atoms with van der Waals surface area (Å²) in [5.41, 5.74) is 2.75. The van der Waals surface area contributed by atoms with Crippen LogP contribution in [0.4, 0.5) is 0 Å². The second-order valence-electron chi connectivity index (χ2n) is 6.42. The van der Waals surface area contributed by atoms with Crippen molar-refractivity contribution in [2.75, 3.05) is 20.6 Å². The van der Waals surface area contributed by atoms with Gasteiger partial charge in [0.2, 0.25) is 0 Å². The van der Waals surface area contributed by atoms with Crippen LogP contribution >= 0.6 is 0 Å². The van der Waals surface area contributed by atoms with Gasteiger partial charge in [-0.15, -0.1) is 0 Å². The lowest BCUT2D eigenvalue weighted by atomic mass is 10.2. The monoisotopic (exact) mass is 316 g/mol. The maximum atomic E-state index is 12.1. The highest BCUT2D eigenvalue weighted by molar-refractivity contribution is 5.91. The molecule has 0 bridgehead atoms. The van der Waals surface area contributed by atoms with Crippen LogP contribution in [0.15, 0.2) is 12.3 Å². The third kappa shape index (κ3) is 2.88. The van der Waals surface area contributed by atoms with Crippen LogP contribution in [-0.2, 0) is 20.1 Å². The highest BCUT2D eigenvalue weighted by atomic mass is 16.2. The Bertz CT molecular complexity index is 729. The number of nitrogens with zero attached hydrogens (tertiary/aromatic N) is 6. The Hall–Kier alpha value is -2.15. The standard InChI is InChI=1S/C16H24N6O/c1-11-8-13(20(5)18-11)9-21-6-7-22-10-14(16(23)19(3)4)17-15(22)12(21)2/h8,10,12H,6-7,9H2,1-5H3/t12-/m1/s1. The predicted molar refractivity (Wildman–Crippen MR) is 87.0 cm³/mol. The Balaban J connectivity index is 1.81. The normalized spacial score (nSPS) is 18.0. The molecule has 1 aliphatic rings. The van der Waals surface area contributed by atoms with E-state index in [0.29, 0.717) is 5.69 Å². The number of carbonyl (C=O) groups is 1. The number of rotatable bonds is 3. The molecular formula is C16H24N6O. The maximum absolute atomic E-state index is 12.1. The summed E-state index contributed by atoms with van der Waals surface area (Å²) < 4.78 is 4.04. The number of amides is 1. The molecule has 0 fully saturated rings. The van der Waals surface area contributed by atoms with E-state index in [2.05, 4.69) is 32.5 Å². The van der Waals surface area contributed by atoms with E-state index in [4.69, 9.17) is 0 Å². The van der Waals surface area contributed by atoms with Crippen molar-refractivity contribution in [3.63, 3.8) is 0 Å². The Morgan fingerprint density at radius 3 is 2.74 bits per heavy atom. The first-order valence-corrected chi connectivity index (χ1v) is 7.89. The highest BCUT2D eigenvalue weighted by Gasteiger charge is 2.28. The molecule has 0 aromatic carbocycles. The lowest BCUT2D eigenvalue weighted by Gasteiger charge is -2.33. The van der Waals surface area contributed by atoms with Crippen LogP contribution in [0, 0.1) is 6.92 Å². The van der Waals surface area contributed by atoms with Gasteiger partial charge in [-0.1, -0.05) is 0 Å². The van der Waals surface area contributed by atoms with E-state index < -0.39 is 0 Å². The number of imidazole rings is 1. The number of fused-ring (bicyclic) bond motifs is 1. The van der Waals surface area contributed by atoms with Crippen LogP contribution in [0.5, 0.6) is 0 Å². The summed E-state index contributed by atoms with van der Waals surface area (Å²) >= 11 is 0. The van der Waals surface area contributed by atoms with Crippen LogP contribution in [-0.4, -0.2) is 55.7 Å². The van der Waals surface area contributed by atoms with Gasteiger partial charge in [0.05, 0.1) is 17.4 Å². The number of aromatic nitrogens is 4. The summed E-state index contributed by atoms with van der Waals surface area (Å²) in [5.74, 6) is 0.910. The molecule has 23 heavy (non-hydrogen) atoms. The molecule has 3 heterocycles. The van der Waals surface area contributed by atoms with Gasteiger partial charge in [0.25, 0.3) is 5.91 Å². The quantitative estimate of drug-likeness (QED) is 0.854. The average Bonchev–Trinajstić information content (AvgIpc) is 3.05. The van der Waals surface area contributed by atoms with E-state index in [1.165, 1.54) is 5.69 Å². The predicted octanol–water partition coefficient (Wildman–Crippen LogP) is 1.20. The summed E-state index contributed by atoms with van der Waals surface area (Å²) in [6.07, 6.45) is 1.87. The Labute approximate surface area is 136 Å². The molecule has 1 aliphatic heterocycles. The molecule has 0 saturated heterocycles. The fraction of sp³-hybridized carbons (Fsp3) is 0.562. The van der Waals surface area contributed by atoms with Gasteiger partial charge < -0.3 is 9.47 Å². The Kier molecular flexibility index (Phi) is 3.97. The van der Waals surface area contributed by atoms with Crippen molar-refractivity contribution >= 4 is 5.91 Å². The highest BCUT2D eigenvalue weighted by Crippen LogP contribution is 2.26. The third-order valence-corrected chi connectivity index (χ3v) is 4.45. The Morgan fingerprint density at radius 1 is 1.39 bits per heavy atom. The third-order valence-electron chi connectivity index (χ3n) is 4.45. The summed E-state index contributed by atoms with van der Waals surface area (Å²) in [4.78, 5) is 20.6. The number of hydrogen-bond acceptors (Lipinski definition) is 4. The average molecular weight is 316 g/mol. The van der Waals surface area contributed by atoms with Gasteiger partial charge in [0.1, 0.15) is 11.5 Å². The first kappa shape index (κ1) is 15.7. The first-order chi connectivity index (χ1) is 10.9. The van der Waals surface area contributed by atoms with Crippen molar-refractivity contribution in [1.82, 2.24) is 29.1 Å². The summed E-state index contributed by atoms with van der Waals surface area (Å²) in [5, 5.41) is 4.41. The summed E-state index contributed by atoms with van der Waals surface area (Å²) in [7, 11) is 5.48. The summed E-state index contributed by atoms with van der Waals surface area (Å²) in [6.45, 7) is 6.77. The molecule has 0 N–H and O–H groups in total. The molecule has 0 spiro atoms. The van der Waals surface area contributed by atoms with Gasteiger partial charge in [-0.2, -0.15) is 5.10 Å². The molecular weight excluding hydrogens is 292 g/mol. The van der Waals surface area contributed by atoms with Gasteiger partial charge >= 0.3 is 0 Å². The molecule has 0 radical (unpaired) electrons. The molecule has 0 saturated carbocycles. The van der Waals surface area contributed by atoms with Crippen molar-refractivity contribution in [2.24, 2.45) is 7.05 Å². The molecule has 0 aliphatic carbocycles. The molecule has 1 amide bonds. The van der Waals surface area contributed by atoms with Gasteiger partial charge in [-0.3, -0.25) is 14.4 Å². The zero-order chi connectivity index (χ0) is 16.7. The molecule has 2 aromatic heterocycles. The van der Waals surface area contributed by atoms with Gasteiger partial charge in [-0.25, -0.2) is 4.98 Å². The SMILES string of the molecule is Cc1cc(CN2CCn3cc(C(=O)N(C)C)nc3[C@H]2C)n(C)n1. The maximum Gasteiger partial charge on any atom is 0.273 e. The molecule has 3 rings (SSSR count). The molecule has 124 valence electrons. The van der Waals surface area contributed by atoms with E-state index in [0.717, 1.165) is 31.2 Å². The zero-order valence-electron chi connectivity index (χ0n) is 14.4. The van der Waals surface area contributed by atoms with Crippen molar-refractivity contribution < 1.29 is 4.79 Å². The van der Waals surface area contributed by atoms with Gasteiger partial charge in [-0.05, 0) is 19.9 Å². The minimum absolute atomic E-state index is 0.0482. The molecule has 7 heteroatoms. The van der Waals surface area contributed by atoms with Crippen LogP contribution in [0.1, 0.15) is 40.7 Å². The topological polar surface area (TPSA) is 59.2 Å². The lowest BCUT2D eigenvalue weighted by Crippen LogP contribution is -2.36. The molecule has 0 unspecified atom stereocenters. The zero-order valence-corrected chi connectivity index (χ0v) is 14.4. The fourth-order valence-corrected chi connectivity index (χ4v) is 3.10. The van der Waals surface area contributed by atoms with Crippen LogP contribution in [0.3, 0.4) is 0 Å². The van der Waals surface area contributed by atoms with Crippen molar-refractivity contribution in [3.05, 3.63) is 35.2 Å². The fourth-order valence-electron chi connectivity index (χ4n) is 3.10. The largest absolute Gasteiger partial charge is 0.343 e. The molecule has 1 atom stereocenters. The number of hydrogen-bond donors (Lipinski definition) is 0. The van der Waals surface area contributed by atoms with Crippen LogP contribution < -0.4 is 0 Å². The van der Waals surface area contributed by atoms with Crippen LogP contribution in [0.25, 0.3) is 0 Å². The molecule has 2 aromatic rings. The van der Waals surface area contributed by atoms with Gasteiger partial charge in [0, 0.05) is 47.0 Å². The second-order valence-corrected chi connectivity index (χ2v) is 6.42. The minimum atomic E-state index is -0.0482.